The smallest absolute Gasteiger partial charge is 0.260 e. The summed E-state index contributed by atoms with van der Waals surface area (Å²) in [5, 5.41) is 0. The molecular weight excluding hydrogens is 208 g/mol. The number of carbonyl (C=O) groups is 1. The highest BCUT2D eigenvalue weighted by molar-refractivity contribution is 8.03. The van der Waals surface area contributed by atoms with Gasteiger partial charge in [-0.3, -0.25) is 10.2 Å². The molecule has 0 aromatic carbocycles. The number of carbonyl (C=O) groups excluding carboxylic acids is 1. The number of hydrazine groups is 1. The molecule has 0 unspecified atom stereocenters. The molecule has 0 saturated carbocycles. The van der Waals surface area contributed by atoms with Gasteiger partial charge in [0.25, 0.3) is 5.91 Å². The Balaban J connectivity index is 0. The van der Waals surface area contributed by atoms with Crippen molar-refractivity contribution < 1.29 is 4.79 Å². The van der Waals surface area contributed by atoms with E-state index in [1.165, 1.54) is 4.91 Å². The van der Waals surface area contributed by atoms with Gasteiger partial charge in [-0.2, -0.15) is 0 Å². The van der Waals surface area contributed by atoms with E-state index in [-0.39, 0.29) is 5.91 Å². The number of allylic oxidation sites excluding steroid dienone is 3. The van der Waals surface area contributed by atoms with Crippen molar-refractivity contribution in [2.75, 3.05) is 5.75 Å². The van der Waals surface area contributed by atoms with Crippen LogP contribution in [0.15, 0.2) is 22.6 Å². The van der Waals surface area contributed by atoms with Gasteiger partial charge >= 0.3 is 0 Å². The number of hydrogen-bond acceptors (Lipinski definition) is 3. The summed E-state index contributed by atoms with van der Waals surface area (Å²) in [4.78, 5) is 12.1. The molecule has 0 aromatic rings. The highest BCUT2D eigenvalue weighted by Crippen LogP contribution is 2.13. The largest absolute Gasteiger partial charge is 0.290 e. The van der Waals surface area contributed by atoms with Crippen molar-refractivity contribution in [1.29, 1.82) is 0 Å². The zero-order valence-corrected chi connectivity index (χ0v) is 11.1. The van der Waals surface area contributed by atoms with Crippen LogP contribution in [0.2, 0.25) is 0 Å². The first-order valence-corrected chi connectivity index (χ1v) is 6.09. The van der Waals surface area contributed by atoms with E-state index in [1.807, 2.05) is 26.8 Å². The topological polar surface area (TPSA) is 55.1 Å². The predicted octanol–water partition coefficient (Wildman–Crippen LogP) is 2.61. The molecule has 0 rings (SSSR count). The quantitative estimate of drug-likeness (QED) is 0.257. The zero-order valence-electron chi connectivity index (χ0n) is 10.3. The lowest BCUT2D eigenvalue weighted by molar-refractivity contribution is -0.117. The van der Waals surface area contributed by atoms with Crippen LogP contribution < -0.4 is 11.3 Å². The van der Waals surface area contributed by atoms with Gasteiger partial charge in [0.1, 0.15) is 0 Å². The number of nitrogens with two attached hydrogens (primary N) is 1. The van der Waals surface area contributed by atoms with Gasteiger partial charge in [-0.15, -0.1) is 11.8 Å². The minimum Gasteiger partial charge on any atom is -0.290 e. The number of nitrogens with one attached hydrogen (secondary N) is 1. The van der Waals surface area contributed by atoms with Crippen LogP contribution in [0.5, 0.6) is 0 Å². The molecule has 0 fully saturated rings. The maximum absolute atomic E-state index is 10.9. The van der Waals surface area contributed by atoms with Crippen LogP contribution in [0.25, 0.3) is 0 Å². The number of hydrogen-bond donors (Lipinski definition) is 2. The standard InChI is InChI=1S/C9H16N2OS.C2H6/c1-4-13-8(3)6-5-7(2)9(12)11-10;1-2/h5-6H,4,10H2,1-3H3,(H,11,12);1-2H3/b7-5+,8-6+;. The molecule has 0 radical (unpaired) electrons. The Morgan fingerprint density at radius 1 is 1.33 bits per heavy atom. The molecule has 0 atom stereocenters. The van der Waals surface area contributed by atoms with Crippen LogP contribution >= 0.6 is 11.8 Å². The fourth-order valence-corrected chi connectivity index (χ4v) is 1.33. The van der Waals surface area contributed by atoms with Gasteiger partial charge in [-0.05, 0) is 24.5 Å². The third-order valence-electron chi connectivity index (χ3n) is 1.43. The zero-order chi connectivity index (χ0) is 12.3. The molecule has 0 aliphatic heterocycles. The van der Waals surface area contributed by atoms with Gasteiger partial charge < -0.3 is 0 Å². The molecule has 0 saturated heterocycles. The van der Waals surface area contributed by atoms with E-state index >= 15 is 0 Å². The lowest BCUT2D eigenvalue weighted by atomic mass is 10.2. The van der Waals surface area contributed by atoms with E-state index < -0.39 is 0 Å². The average molecular weight is 230 g/mol. The van der Waals surface area contributed by atoms with Crippen LogP contribution in [-0.4, -0.2) is 11.7 Å². The lowest BCUT2D eigenvalue weighted by Crippen LogP contribution is -2.30. The molecule has 0 heterocycles. The highest BCUT2D eigenvalue weighted by Gasteiger charge is 1.98. The SMILES string of the molecule is CC.CCS/C(C)=C/C=C(\C)C(=O)NN. The maximum atomic E-state index is 10.9. The Morgan fingerprint density at radius 2 is 1.87 bits per heavy atom. The summed E-state index contributed by atoms with van der Waals surface area (Å²) in [5.74, 6) is 5.77. The van der Waals surface area contributed by atoms with E-state index in [0.717, 1.165) is 5.75 Å². The Bertz CT molecular complexity index is 235. The maximum Gasteiger partial charge on any atom is 0.260 e. The second-order valence-corrected chi connectivity index (χ2v) is 4.04. The summed E-state index contributed by atoms with van der Waals surface area (Å²) in [5.41, 5.74) is 2.69. The molecule has 1 amide bonds. The van der Waals surface area contributed by atoms with Gasteiger partial charge in [0, 0.05) is 5.57 Å². The summed E-state index contributed by atoms with van der Waals surface area (Å²) in [6, 6.07) is 0. The van der Waals surface area contributed by atoms with Crippen molar-refractivity contribution in [3.05, 3.63) is 22.6 Å². The molecule has 4 heteroatoms. The average Bonchev–Trinajstić information content (AvgIpc) is 2.28. The van der Waals surface area contributed by atoms with Gasteiger partial charge in [0.15, 0.2) is 0 Å². The first kappa shape index (κ1) is 16.7. The van der Waals surface area contributed by atoms with Crippen LogP contribution in [0, 0.1) is 0 Å². The van der Waals surface area contributed by atoms with Crippen molar-refractivity contribution in [1.82, 2.24) is 5.43 Å². The molecule has 0 aliphatic carbocycles. The predicted molar refractivity (Wildman–Crippen MR) is 69.3 cm³/mol. The van der Waals surface area contributed by atoms with E-state index in [4.69, 9.17) is 5.84 Å². The Kier molecular flexibility index (Phi) is 12.6. The minimum absolute atomic E-state index is 0.245. The normalized spacial score (nSPS) is 11.6. The van der Waals surface area contributed by atoms with Crippen molar-refractivity contribution in [2.45, 2.75) is 34.6 Å². The second-order valence-electron chi connectivity index (χ2n) is 2.53. The minimum atomic E-state index is -0.245. The first-order valence-electron chi connectivity index (χ1n) is 5.10. The van der Waals surface area contributed by atoms with Crippen LogP contribution in [0.4, 0.5) is 0 Å². The number of amides is 1. The summed E-state index contributed by atoms with van der Waals surface area (Å²) in [6.07, 6.45) is 3.68. The van der Waals surface area contributed by atoms with E-state index in [9.17, 15) is 4.79 Å². The van der Waals surface area contributed by atoms with Gasteiger partial charge in [-0.25, -0.2) is 5.84 Å². The van der Waals surface area contributed by atoms with E-state index in [1.54, 1.807) is 24.8 Å². The molecule has 0 spiro atoms. The molecule has 88 valence electrons. The molecule has 0 aromatic heterocycles. The highest BCUT2D eigenvalue weighted by atomic mass is 32.2. The van der Waals surface area contributed by atoms with Crippen molar-refractivity contribution in [3.63, 3.8) is 0 Å². The Hall–Kier alpha value is -0.740. The van der Waals surface area contributed by atoms with Gasteiger partial charge in [-0.1, -0.05) is 32.9 Å². The van der Waals surface area contributed by atoms with Crippen LogP contribution in [0.1, 0.15) is 34.6 Å². The number of thioether (sulfide) groups is 1. The third-order valence-corrected chi connectivity index (χ3v) is 2.31. The molecular formula is C11H22N2OS. The summed E-state index contributed by atoms with van der Waals surface area (Å²) in [6.45, 7) is 9.83. The Morgan fingerprint density at radius 3 is 2.27 bits per heavy atom. The monoisotopic (exact) mass is 230 g/mol. The summed E-state index contributed by atoms with van der Waals surface area (Å²) >= 11 is 1.75. The van der Waals surface area contributed by atoms with Crippen molar-refractivity contribution >= 4 is 17.7 Å². The molecule has 3 N–H and O–H groups in total. The fraction of sp³-hybridized carbons (Fsp3) is 0.545. The van der Waals surface area contributed by atoms with Crippen molar-refractivity contribution in [2.24, 2.45) is 5.84 Å². The molecule has 15 heavy (non-hydrogen) atoms. The summed E-state index contributed by atoms with van der Waals surface area (Å²) < 4.78 is 0. The second kappa shape index (κ2) is 11.3. The van der Waals surface area contributed by atoms with E-state index in [2.05, 4.69) is 12.3 Å². The van der Waals surface area contributed by atoms with E-state index in [0.29, 0.717) is 5.57 Å². The Labute approximate surface area is 97.2 Å². The molecule has 0 bridgehead atoms. The van der Waals surface area contributed by atoms with Gasteiger partial charge in [0.2, 0.25) is 0 Å². The fourth-order valence-electron chi connectivity index (χ4n) is 0.708. The van der Waals surface area contributed by atoms with Crippen molar-refractivity contribution in [3.8, 4) is 0 Å². The van der Waals surface area contributed by atoms with Crippen LogP contribution in [-0.2, 0) is 4.79 Å². The number of rotatable bonds is 4. The third kappa shape index (κ3) is 9.56. The van der Waals surface area contributed by atoms with Gasteiger partial charge in [0.05, 0.1) is 0 Å². The lowest BCUT2D eigenvalue weighted by Gasteiger charge is -1.97. The summed E-state index contributed by atoms with van der Waals surface area (Å²) in [7, 11) is 0. The molecule has 0 aliphatic rings. The molecule has 3 nitrogen and oxygen atoms in total. The van der Waals surface area contributed by atoms with Crippen LogP contribution in [0.3, 0.4) is 0 Å². The first-order chi connectivity index (χ1) is 7.11.